The van der Waals surface area contributed by atoms with E-state index in [0.717, 1.165) is 134 Å². The number of unbranched alkanes of at least 4 members (excludes halogenated alkanes) is 21. The van der Waals surface area contributed by atoms with Gasteiger partial charge in [0.05, 0.1) is 0 Å². The molecule has 2 N–H and O–H groups in total. The van der Waals surface area contributed by atoms with E-state index < -0.39 is 46.0 Å². The quantitative estimate of drug-likeness (QED) is 0.0459. The smallest absolute Gasteiger partial charge is 0.351 e. The molecular weight excluding hydrogens is 609 g/mol. The van der Waals surface area contributed by atoms with E-state index in [9.17, 15) is 39.5 Å². The van der Waals surface area contributed by atoms with E-state index in [1.54, 1.807) is 0 Å². The zero-order valence-corrected chi connectivity index (χ0v) is 28.2. The first kappa shape index (κ1) is 43.5. The normalized spacial score (nSPS) is 13.2. The van der Waals surface area contributed by atoms with Crippen molar-refractivity contribution in [1.29, 1.82) is 0 Å². The molecule has 11 heteroatoms. The van der Waals surface area contributed by atoms with Crippen LogP contribution in [0.15, 0.2) is 0 Å². The molecule has 0 radical (unpaired) electrons. The van der Waals surface area contributed by atoms with Gasteiger partial charge in [-0.05, 0) is 37.4 Å². The molecule has 0 aliphatic rings. The third-order valence-corrected chi connectivity index (χ3v) is 12.7. The van der Waals surface area contributed by atoms with Gasteiger partial charge in [-0.1, -0.05) is 135 Å². The average molecular weight is 672 g/mol. The number of hydrogen-bond acceptors (Lipinski definition) is 1. The summed E-state index contributed by atoms with van der Waals surface area (Å²) < 4.78 is 110. The van der Waals surface area contributed by atoms with Gasteiger partial charge in [-0.2, -0.15) is 39.5 Å². The maximum absolute atomic E-state index is 12.2. The lowest BCUT2D eigenvalue weighted by atomic mass is 10.1. The lowest BCUT2D eigenvalue weighted by Gasteiger charge is -2.27. The van der Waals surface area contributed by atoms with Crippen LogP contribution in [0.1, 0.15) is 173 Å². The summed E-state index contributed by atoms with van der Waals surface area (Å²) in [6, 6.07) is 3.28. The molecule has 0 aliphatic heterocycles. The third kappa shape index (κ3) is 34.4. The second-order valence-electron chi connectivity index (χ2n) is 13.2. The molecule has 0 aromatic heterocycles. The fourth-order valence-electron chi connectivity index (χ4n) is 5.96. The SMILES string of the molecule is N[Si](CCCCCCCCCCC(F)(F)F)(CCCCCCCCCCC(F)(F)F)CCCCCCCCCCC(F)(F)F. The van der Waals surface area contributed by atoms with E-state index in [2.05, 4.69) is 0 Å². The Kier molecular flexibility index (Phi) is 25.4. The number of nitrogens with two attached hydrogens (primary N) is 1. The van der Waals surface area contributed by atoms with Crippen LogP contribution in [0.4, 0.5) is 39.5 Å². The van der Waals surface area contributed by atoms with Gasteiger partial charge in [0.1, 0.15) is 8.24 Å². The first-order valence-electron chi connectivity index (χ1n) is 17.6. The molecule has 0 unspecified atom stereocenters. The molecule has 0 saturated heterocycles. The second-order valence-corrected chi connectivity index (χ2v) is 17.4. The Morgan fingerprint density at radius 3 is 0.614 bits per heavy atom. The van der Waals surface area contributed by atoms with Crippen LogP contribution in [0.2, 0.25) is 18.1 Å². The van der Waals surface area contributed by atoms with Gasteiger partial charge < -0.3 is 5.40 Å². The first-order valence-corrected chi connectivity index (χ1v) is 20.3. The van der Waals surface area contributed by atoms with Crippen molar-refractivity contribution in [2.45, 2.75) is 210 Å². The highest BCUT2D eigenvalue weighted by Crippen LogP contribution is 2.28. The van der Waals surface area contributed by atoms with Gasteiger partial charge in [0.2, 0.25) is 0 Å². The standard InChI is InChI=1S/C33H62F9NSi/c34-31(35,36)25-19-13-7-1-4-10-16-22-28-44(43,29-23-17-11-5-2-8-14-20-26-32(37,38)39)30-24-18-12-6-3-9-15-21-27-33(40,41)42/h1-30,43H2. The highest BCUT2D eigenvalue weighted by Gasteiger charge is 2.28. The molecule has 0 fully saturated rings. The minimum Gasteiger partial charge on any atom is -0.351 e. The van der Waals surface area contributed by atoms with Crippen molar-refractivity contribution >= 4 is 8.24 Å². The van der Waals surface area contributed by atoms with Crippen molar-refractivity contribution in [3.05, 3.63) is 0 Å². The number of rotatable bonds is 30. The van der Waals surface area contributed by atoms with Crippen LogP contribution in [-0.2, 0) is 0 Å². The van der Waals surface area contributed by atoms with Crippen molar-refractivity contribution < 1.29 is 39.5 Å². The predicted octanol–water partition coefficient (Wildman–Crippen LogP) is 14.1. The molecule has 0 saturated carbocycles. The number of alkyl halides is 9. The molecule has 1 nitrogen and oxygen atoms in total. The van der Waals surface area contributed by atoms with Crippen molar-refractivity contribution in [2.24, 2.45) is 5.40 Å². The van der Waals surface area contributed by atoms with E-state index in [-0.39, 0.29) is 19.3 Å². The van der Waals surface area contributed by atoms with Gasteiger partial charge in [0.15, 0.2) is 0 Å². The highest BCUT2D eigenvalue weighted by atomic mass is 28.3. The highest BCUT2D eigenvalue weighted by molar-refractivity contribution is 6.76. The monoisotopic (exact) mass is 671 g/mol. The van der Waals surface area contributed by atoms with Crippen molar-refractivity contribution in [3.63, 3.8) is 0 Å². The maximum atomic E-state index is 12.2. The van der Waals surface area contributed by atoms with Gasteiger partial charge in [-0.3, -0.25) is 0 Å². The Hall–Kier alpha value is -0.453. The van der Waals surface area contributed by atoms with Crippen molar-refractivity contribution in [1.82, 2.24) is 0 Å². The van der Waals surface area contributed by atoms with Crippen LogP contribution in [0.5, 0.6) is 0 Å². The minimum atomic E-state index is -4.05. The molecule has 0 amide bonds. The number of hydrogen-bond donors (Lipinski definition) is 1. The Balaban J connectivity index is 4.19. The predicted molar refractivity (Wildman–Crippen MR) is 167 cm³/mol. The summed E-state index contributed by atoms with van der Waals surface area (Å²) in [5.74, 6) is 0. The molecule has 0 aliphatic carbocycles. The van der Waals surface area contributed by atoms with Crippen molar-refractivity contribution in [2.75, 3.05) is 0 Å². The third-order valence-electron chi connectivity index (χ3n) is 8.65. The maximum Gasteiger partial charge on any atom is 0.389 e. The molecule has 0 aromatic carbocycles. The Bertz CT molecular complexity index is 553. The summed E-state index contributed by atoms with van der Waals surface area (Å²) in [5.41, 5.74) is 0. The molecular formula is C33H62F9NSi. The van der Waals surface area contributed by atoms with E-state index in [1.807, 2.05) is 0 Å². The Morgan fingerprint density at radius 2 is 0.432 bits per heavy atom. The summed E-state index contributed by atoms with van der Waals surface area (Å²) in [6.07, 6.45) is 6.91. The lowest BCUT2D eigenvalue weighted by Crippen LogP contribution is -2.45. The summed E-state index contributed by atoms with van der Waals surface area (Å²) in [4.78, 5) is 0. The first-order chi connectivity index (χ1) is 20.6. The van der Waals surface area contributed by atoms with Crippen LogP contribution in [-0.4, -0.2) is 26.8 Å². The fraction of sp³-hybridized carbons (Fsp3) is 1.00. The molecule has 0 bridgehead atoms. The van der Waals surface area contributed by atoms with Crippen LogP contribution in [0, 0.1) is 0 Å². The number of halogens is 9. The molecule has 0 aromatic rings. The summed E-state index contributed by atoms with van der Waals surface area (Å²) in [7, 11) is -1.88. The van der Waals surface area contributed by atoms with Gasteiger partial charge in [-0.25, -0.2) is 0 Å². The fourth-order valence-corrected chi connectivity index (χ4v) is 9.58. The second kappa shape index (κ2) is 25.6. The van der Waals surface area contributed by atoms with Crippen LogP contribution in [0.25, 0.3) is 0 Å². The lowest BCUT2D eigenvalue weighted by molar-refractivity contribution is -0.136. The topological polar surface area (TPSA) is 26.0 Å². The van der Waals surface area contributed by atoms with E-state index >= 15 is 0 Å². The molecule has 44 heavy (non-hydrogen) atoms. The molecule has 0 atom stereocenters. The summed E-state index contributed by atoms with van der Waals surface area (Å²) >= 11 is 0. The van der Waals surface area contributed by atoms with Gasteiger partial charge >= 0.3 is 18.5 Å². The molecule has 0 rings (SSSR count). The molecule has 0 heterocycles. The largest absolute Gasteiger partial charge is 0.389 e. The van der Waals surface area contributed by atoms with Crippen LogP contribution in [0.3, 0.4) is 0 Å². The summed E-state index contributed by atoms with van der Waals surface area (Å²) in [5, 5.41) is 7.05. The average Bonchev–Trinajstić information content (AvgIpc) is 2.90. The minimum absolute atomic E-state index is 0.217. The zero-order valence-electron chi connectivity index (χ0n) is 27.2. The van der Waals surface area contributed by atoms with Crippen LogP contribution >= 0.6 is 0 Å². The van der Waals surface area contributed by atoms with Crippen molar-refractivity contribution in [3.8, 4) is 0 Å². The molecule has 266 valence electrons. The van der Waals surface area contributed by atoms with E-state index in [1.165, 1.54) is 0 Å². The van der Waals surface area contributed by atoms with Gasteiger partial charge in [-0.15, -0.1) is 0 Å². The van der Waals surface area contributed by atoms with E-state index in [0.29, 0.717) is 19.3 Å². The van der Waals surface area contributed by atoms with Gasteiger partial charge in [0, 0.05) is 19.3 Å². The zero-order chi connectivity index (χ0) is 33.2. The summed E-state index contributed by atoms with van der Waals surface area (Å²) in [6.45, 7) is 0. The molecule has 0 spiro atoms. The van der Waals surface area contributed by atoms with E-state index in [4.69, 9.17) is 5.40 Å². The van der Waals surface area contributed by atoms with Crippen LogP contribution < -0.4 is 5.40 Å². The Morgan fingerprint density at radius 1 is 0.273 bits per heavy atom. The Labute approximate surface area is 263 Å². The van der Waals surface area contributed by atoms with Gasteiger partial charge in [0.25, 0.3) is 0 Å².